The van der Waals surface area contributed by atoms with Gasteiger partial charge in [0.1, 0.15) is 0 Å². The molecule has 1 aliphatic heterocycles. The van der Waals surface area contributed by atoms with Crippen molar-refractivity contribution in [3.8, 4) is 0 Å². The van der Waals surface area contributed by atoms with Crippen LogP contribution in [0, 0.1) is 11.8 Å². The minimum Gasteiger partial charge on any atom is -0.481 e. The lowest BCUT2D eigenvalue weighted by Crippen LogP contribution is -2.34. The summed E-state index contributed by atoms with van der Waals surface area (Å²) >= 11 is 0. The first kappa shape index (κ1) is 9.00. The summed E-state index contributed by atoms with van der Waals surface area (Å²) in [6.45, 7) is 0.751. The van der Waals surface area contributed by atoms with Crippen LogP contribution in [-0.4, -0.2) is 23.8 Å². The summed E-state index contributed by atoms with van der Waals surface area (Å²) in [5.74, 6) is -0.477. The Bertz CT molecular complexity index is 192. The molecule has 13 heavy (non-hydrogen) atoms. The third kappa shape index (κ3) is 2.02. The number of carbonyl (C=O) groups is 1. The molecular weight excluding hydrogens is 168 g/mol. The molecule has 0 bridgehead atoms. The minimum absolute atomic E-state index is 0.00116. The quantitative estimate of drug-likeness (QED) is 0.725. The molecule has 2 unspecified atom stereocenters. The van der Waals surface area contributed by atoms with Gasteiger partial charge in [0, 0.05) is 6.61 Å². The zero-order valence-corrected chi connectivity index (χ0v) is 7.74. The van der Waals surface area contributed by atoms with Gasteiger partial charge in [-0.05, 0) is 38.0 Å². The lowest BCUT2D eigenvalue weighted by Gasteiger charge is -2.27. The minimum atomic E-state index is -0.658. The van der Waals surface area contributed by atoms with E-state index < -0.39 is 5.97 Å². The largest absolute Gasteiger partial charge is 0.481 e. The van der Waals surface area contributed by atoms with Gasteiger partial charge in [0.15, 0.2) is 0 Å². The molecular formula is C10H16O3. The predicted octanol–water partition coefficient (Wildman–Crippen LogP) is 1.67. The Labute approximate surface area is 78.1 Å². The van der Waals surface area contributed by atoms with E-state index in [0.717, 1.165) is 38.7 Å². The van der Waals surface area contributed by atoms with Gasteiger partial charge >= 0.3 is 5.97 Å². The first-order valence-corrected chi connectivity index (χ1v) is 5.13. The summed E-state index contributed by atoms with van der Waals surface area (Å²) < 4.78 is 5.52. The van der Waals surface area contributed by atoms with Crippen LogP contribution in [0.2, 0.25) is 0 Å². The van der Waals surface area contributed by atoms with Crippen LogP contribution >= 0.6 is 0 Å². The highest BCUT2D eigenvalue weighted by atomic mass is 16.5. The van der Waals surface area contributed by atoms with Crippen molar-refractivity contribution < 1.29 is 14.6 Å². The molecule has 0 aromatic carbocycles. The van der Waals surface area contributed by atoms with Crippen molar-refractivity contribution in [2.24, 2.45) is 11.8 Å². The number of ether oxygens (including phenoxy) is 1. The van der Waals surface area contributed by atoms with Crippen molar-refractivity contribution in [3.05, 3.63) is 0 Å². The van der Waals surface area contributed by atoms with Crippen LogP contribution in [0.25, 0.3) is 0 Å². The third-order valence-electron chi connectivity index (χ3n) is 3.03. The Morgan fingerprint density at radius 2 is 2.08 bits per heavy atom. The normalized spacial score (nSPS) is 31.2. The van der Waals surface area contributed by atoms with E-state index in [2.05, 4.69) is 0 Å². The smallest absolute Gasteiger partial charge is 0.309 e. The Morgan fingerprint density at radius 3 is 2.54 bits per heavy atom. The van der Waals surface area contributed by atoms with Crippen LogP contribution < -0.4 is 0 Å². The van der Waals surface area contributed by atoms with E-state index in [0.29, 0.717) is 5.92 Å². The lowest BCUT2D eigenvalue weighted by atomic mass is 9.91. The van der Waals surface area contributed by atoms with Crippen molar-refractivity contribution in [1.82, 2.24) is 0 Å². The van der Waals surface area contributed by atoms with Crippen LogP contribution in [0.15, 0.2) is 0 Å². The standard InChI is InChI=1S/C10H16O3/c11-10(12)9(7-4-5-7)8-3-1-2-6-13-8/h7-9H,1-6H2,(H,11,12). The van der Waals surface area contributed by atoms with E-state index in [4.69, 9.17) is 9.84 Å². The zero-order chi connectivity index (χ0) is 9.26. The number of carboxylic acids is 1. The van der Waals surface area contributed by atoms with Gasteiger partial charge in [0.25, 0.3) is 0 Å². The van der Waals surface area contributed by atoms with E-state index in [1.54, 1.807) is 0 Å². The van der Waals surface area contributed by atoms with Crippen molar-refractivity contribution in [1.29, 1.82) is 0 Å². The monoisotopic (exact) mass is 184 g/mol. The fourth-order valence-corrected chi connectivity index (χ4v) is 2.17. The molecule has 3 heteroatoms. The molecule has 0 aromatic rings. The molecule has 3 nitrogen and oxygen atoms in total. The molecule has 0 radical (unpaired) electrons. The summed E-state index contributed by atoms with van der Waals surface area (Å²) in [6.07, 6.45) is 5.31. The van der Waals surface area contributed by atoms with Gasteiger partial charge in [-0.2, -0.15) is 0 Å². The second-order valence-electron chi connectivity index (χ2n) is 4.11. The number of aliphatic carboxylic acids is 1. The summed E-state index contributed by atoms with van der Waals surface area (Å²) in [6, 6.07) is 0. The van der Waals surface area contributed by atoms with Crippen LogP contribution in [0.5, 0.6) is 0 Å². The summed E-state index contributed by atoms with van der Waals surface area (Å²) in [5, 5.41) is 9.06. The maximum Gasteiger partial charge on any atom is 0.309 e. The van der Waals surface area contributed by atoms with Crippen LogP contribution in [-0.2, 0) is 9.53 Å². The van der Waals surface area contributed by atoms with Crippen molar-refractivity contribution in [2.75, 3.05) is 6.61 Å². The fourth-order valence-electron chi connectivity index (χ4n) is 2.17. The Morgan fingerprint density at radius 1 is 1.31 bits per heavy atom. The molecule has 0 spiro atoms. The van der Waals surface area contributed by atoms with Gasteiger partial charge < -0.3 is 9.84 Å². The molecule has 2 fully saturated rings. The van der Waals surface area contributed by atoms with Gasteiger partial charge in [-0.15, -0.1) is 0 Å². The van der Waals surface area contributed by atoms with E-state index in [9.17, 15) is 4.79 Å². The van der Waals surface area contributed by atoms with Crippen molar-refractivity contribution >= 4 is 5.97 Å². The molecule has 1 saturated carbocycles. The van der Waals surface area contributed by atoms with Crippen LogP contribution in [0.1, 0.15) is 32.1 Å². The molecule has 1 heterocycles. The second-order valence-corrected chi connectivity index (χ2v) is 4.11. The average molecular weight is 184 g/mol. The fraction of sp³-hybridized carbons (Fsp3) is 0.900. The molecule has 2 aliphatic rings. The van der Waals surface area contributed by atoms with Crippen LogP contribution in [0.4, 0.5) is 0 Å². The number of hydrogen-bond acceptors (Lipinski definition) is 2. The SMILES string of the molecule is O=C(O)C(C1CC1)C1CCCCO1. The van der Waals surface area contributed by atoms with Crippen LogP contribution in [0.3, 0.4) is 0 Å². The van der Waals surface area contributed by atoms with Gasteiger partial charge in [-0.25, -0.2) is 0 Å². The molecule has 1 saturated heterocycles. The molecule has 0 aromatic heterocycles. The maximum absolute atomic E-state index is 11.0. The van der Waals surface area contributed by atoms with Gasteiger partial charge in [-0.1, -0.05) is 0 Å². The average Bonchev–Trinajstić information content (AvgIpc) is 2.90. The van der Waals surface area contributed by atoms with E-state index in [1.807, 2.05) is 0 Å². The number of carboxylic acid groups (broad SMARTS) is 1. The lowest BCUT2D eigenvalue weighted by molar-refractivity contribution is -0.150. The number of rotatable bonds is 3. The Kier molecular flexibility index (Phi) is 2.54. The van der Waals surface area contributed by atoms with Gasteiger partial charge in [0.2, 0.25) is 0 Å². The molecule has 74 valence electrons. The molecule has 2 atom stereocenters. The first-order chi connectivity index (χ1) is 6.29. The highest BCUT2D eigenvalue weighted by molar-refractivity contribution is 5.71. The highest BCUT2D eigenvalue weighted by Crippen LogP contribution is 2.41. The zero-order valence-electron chi connectivity index (χ0n) is 7.74. The Hall–Kier alpha value is -0.570. The maximum atomic E-state index is 11.0. The predicted molar refractivity (Wildman–Crippen MR) is 47.4 cm³/mol. The van der Waals surface area contributed by atoms with Gasteiger partial charge in [0.05, 0.1) is 12.0 Å². The molecule has 1 aliphatic carbocycles. The highest BCUT2D eigenvalue weighted by Gasteiger charge is 2.42. The second kappa shape index (κ2) is 3.66. The summed E-state index contributed by atoms with van der Waals surface area (Å²) in [4.78, 5) is 11.0. The molecule has 1 N–H and O–H groups in total. The van der Waals surface area contributed by atoms with Crippen molar-refractivity contribution in [2.45, 2.75) is 38.2 Å². The number of hydrogen-bond donors (Lipinski definition) is 1. The third-order valence-corrected chi connectivity index (χ3v) is 3.03. The van der Waals surface area contributed by atoms with E-state index in [-0.39, 0.29) is 12.0 Å². The topological polar surface area (TPSA) is 46.5 Å². The Balaban J connectivity index is 1.96. The molecule has 2 rings (SSSR count). The summed E-state index contributed by atoms with van der Waals surface area (Å²) in [7, 11) is 0. The molecule has 0 amide bonds. The first-order valence-electron chi connectivity index (χ1n) is 5.13. The van der Waals surface area contributed by atoms with Crippen molar-refractivity contribution in [3.63, 3.8) is 0 Å². The summed E-state index contributed by atoms with van der Waals surface area (Å²) in [5.41, 5.74) is 0. The van der Waals surface area contributed by atoms with Gasteiger partial charge in [-0.3, -0.25) is 4.79 Å². The van der Waals surface area contributed by atoms with E-state index in [1.165, 1.54) is 0 Å². The van der Waals surface area contributed by atoms with E-state index >= 15 is 0 Å².